The molecule has 7 heteroatoms. The third-order valence-corrected chi connectivity index (χ3v) is 2.91. The van der Waals surface area contributed by atoms with Crippen LogP contribution >= 0.6 is 0 Å². The van der Waals surface area contributed by atoms with Crippen LogP contribution in [0, 0.1) is 0 Å². The Balaban J connectivity index is 2.12. The molecule has 1 aliphatic heterocycles. The number of ether oxygens (including phenoxy) is 3. The summed E-state index contributed by atoms with van der Waals surface area (Å²) < 4.78 is 15.6. The SMILES string of the molecule is COc1cc(NC(=O)OC(C)(C)C)ccc1C1CNC(=O)O1. The Morgan fingerprint density at radius 1 is 1.41 bits per heavy atom. The van der Waals surface area contributed by atoms with Gasteiger partial charge in [-0.2, -0.15) is 0 Å². The Morgan fingerprint density at radius 3 is 2.68 bits per heavy atom. The van der Waals surface area contributed by atoms with E-state index in [4.69, 9.17) is 14.2 Å². The fourth-order valence-electron chi connectivity index (χ4n) is 2.04. The minimum atomic E-state index is -0.572. The molecule has 1 aromatic carbocycles. The first kappa shape index (κ1) is 15.9. The van der Waals surface area contributed by atoms with Crippen molar-refractivity contribution in [3.8, 4) is 5.75 Å². The minimum Gasteiger partial charge on any atom is -0.496 e. The first-order valence-electron chi connectivity index (χ1n) is 6.91. The highest BCUT2D eigenvalue weighted by Crippen LogP contribution is 2.32. The molecule has 7 nitrogen and oxygen atoms in total. The van der Waals surface area contributed by atoms with Gasteiger partial charge in [-0.3, -0.25) is 5.32 Å². The molecule has 2 rings (SSSR count). The highest BCUT2D eigenvalue weighted by Gasteiger charge is 2.27. The van der Waals surface area contributed by atoms with Crippen molar-refractivity contribution in [1.82, 2.24) is 5.32 Å². The first-order valence-corrected chi connectivity index (χ1v) is 6.91. The van der Waals surface area contributed by atoms with E-state index in [1.807, 2.05) is 0 Å². The van der Waals surface area contributed by atoms with Crippen LogP contribution in [0.25, 0.3) is 0 Å². The average Bonchev–Trinajstić information content (AvgIpc) is 2.82. The number of hydrogen-bond donors (Lipinski definition) is 2. The second-order valence-electron chi connectivity index (χ2n) is 5.86. The predicted octanol–water partition coefficient (Wildman–Crippen LogP) is 2.82. The summed E-state index contributed by atoms with van der Waals surface area (Å²) in [6.07, 6.45) is -1.41. The van der Waals surface area contributed by atoms with Crippen molar-refractivity contribution in [2.75, 3.05) is 19.0 Å². The summed E-state index contributed by atoms with van der Waals surface area (Å²) in [5.41, 5.74) is 0.695. The lowest BCUT2D eigenvalue weighted by Gasteiger charge is -2.20. The average molecular weight is 308 g/mol. The van der Waals surface area contributed by atoms with Crippen molar-refractivity contribution < 1.29 is 23.8 Å². The molecule has 0 radical (unpaired) electrons. The molecule has 1 unspecified atom stereocenters. The van der Waals surface area contributed by atoms with Gasteiger partial charge in [0.15, 0.2) is 0 Å². The van der Waals surface area contributed by atoms with Gasteiger partial charge in [-0.05, 0) is 32.9 Å². The molecule has 1 fully saturated rings. The second kappa shape index (κ2) is 6.13. The molecule has 2 N–H and O–H groups in total. The van der Waals surface area contributed by atoms with Crippen molar-refractivity contribution in [1.29, 1.82) is 0 Å². The van der Waals surface area contributed by atoms with Gasteiger partial charge in [0.25, 0.3) is 0 Å². The molecule has 120 valence electrons. The van der Waals surface area contributed by atoms with Crippen LogP contribution in [0.1, 0.15) is 32.4 Å². The zero-order valence-corrected chi connectivity index (χ0v) is 13.1. The number of methoxy groups -OCH3 is 1. The van der Waals surface area contributed by atoms with Gasteiger partial charge < -0.3 is 19.5 Å². The number of hydrogen-bond acceptors (Lipinski definition) is 5. The maximum absolute atomic E-state index is 11.8. The Morgan fingerprint density at radius 2 is 2.14 bits per heavy atom. The van der Waals surface area contributed by atoms with Crippen LogP contribution in [0.3, 0.4) is 0 Å². The van der Waals surface area contributed by atoms with E-state index in [-0.39, 0.29) is 0 Å². The molecular formula is C15H20N2O5. The van der Waals surface area contributed by atoms with E-state index in [2.05, 4.69) is 10.6 Å². The van der Waals surface area contributed by atoms with Gasteiger partial charge in [-0.1, -0.05) is 0 Å². The Kier molecular flexibility index (Phi) is 4.44. The highest BCUT2D eigenvalue weighted by atomic mass is 16.6. The lowest BCUT2D eigenvalue weighted by Crippen LogP contribution is -2.27. The van der Waals surface area contributed by atoms with Gasteiger partial charge in [0.05, 0.1) is 13.7 Å². The number of benzene rings is 1. The van der Waals surface area contributed by atoms with Gasteiger partial charge >= 0.3 is 12.2 Å². The molecule has 1 aromatic rings. The molecule has 22 heavy (non-hydrogen) atoms. The summed E-state index contributed by atoms with van der Waals surface area (Å²) in [6, 6.07) is 5.11. The summed E-state index contributed by atoms with van der Waals surface area (Å²) >= 11 is 0. The summed E-state index contributed by atoms with van der Waals surface area (Å²) in [5, 5.41) is 5.22. The minimum absolute atomic E-state index is 0.383. The van der Waals surface area contributed by atoms with Crippen LogP contribution in [0.15, 0.2) is 18.2 Å². The summed E-state index contributed by atoms with van der Waals surface area (Å²) in [5.74, 6) is 0.523. The number of rotatable bonds is 3. The lowest BCUT2D eigenvalue weighted by molar-refractivity contribution is 0.0636. The second-order valence-corrected chi connectivity index (χ2v) is 5.86. The number of alkyl carbamates (subject to hydrolysis) is 1. The van der Waals surface area contributed by atoms with E-state index in [0.29, 0.717) is 18.0 Å². The van der Waals surface area contributed by atoms with E-state index in [1.54, 1.807) is 39.0 Å². The molecule has 0 spiro atoms. The monoisotopic (exact) mass is 308 g/mol. The Labute approximate surface area is 128 Å². The van der Waals surface area contributed by atoms with Crippen LogP contribution in [-0.2, 0) is 9.47 Å². The number of carbonyl (C=O) groups excluding carboxylic acids is 2. The fourth-order valence-corrected chi connectivity index (χ4v) is 2.04. The highest BCUT2D eigenvalue weighted by molar-refractivity contribution is 5.85. The first-order chi connectivity index (χ1) is 10.3. The van der Waals surface area contributed by atoms with E-state index in [9.17, 15) is 9.59 Å². The zero-order valence-electron chi connectivity index (χ0n) is 13.1. The van der Waals surface area contributed by atoms with Gasteiger partial charge in [0.2, 0.25) is 0 Å². The largest absolute Gasteiger partial charge is 0.496 e. The van der Waals surface area contributed by atoms with Crippen molar-refractivity contribution in [3.05, 3.63) is 23.8 Å². The summed E-state index contributed by atoms with van der Waals surface area (Å²) in [7, 11) is 1.51. The van der Waals surface area contributed by atoms with Crippen LogP contribution in [0.4, 0.5) is 15.3 Å². The normalized spacial score (nSPS) is 17.5. The maximum Gasteiger partial charge on any atom is 0.412 e. The van der Waals surface area contributed by atoms with Crippen molar-refractivity contribution in [3.63, 3.8) is 0 Å². The third kappa shape index (κ3) is 4.03. The van der Waals surface area contributed by atoms with Crippen LogP contribution < -0.4 is 15.4 Å². The lowest BCUT2D eigenvalue weighted by atomic mass is 10.1. The van der Waals surface area contributed by atoms with Crippen LogP contribution in [0.2, 0.25) is 0 Å². The number of nitrogens with one attached hydrogen (secondary N) is 2. The predicted molar refractivity (Wildman–Crippen MR) is 80.1 cm³/mol. The molecule has 1 saturated heterocycles. The number of anilines is 1. The van der Waals surface area contributed by atoms with Gasteiger partial charge in [-0.25, -0.2) is 9.59 Å². The summed E-state index contributed by atoms with van der Waals surface area (Å²) in [6.45, 7) is 5.75. The smallest absolute Gasteiger partial charge is 0.412 e. The van der Waals surface area contributed by atoms with Gasteiger partial charge in [0.1, 0.15) is 17.5 Å². The van der Waals surface area contributed by atoms with Crippen molar-refractivity contribution in [2.24, 2.45) is 0 Å². The maximum atomic E-state index is 11.8. The number of cyclic esters (lactones) is 1. The topological polar surface area (TPSA) is 85.9 Å². The molecule has 0 aliphatic carbocycles. The third-order valence-electron chi connectivity index (χ3n) is 2.91. The molecule has 0 aromatic heterocycles. The molecule has 1 heterocycles. The molecule has 1 aliphatic rings. The quantitative estimate of drug-likeness (QED) is 0.896. The zero-order chi connectivity index (χ0) is 16.3. The summed E-state index contributed by atoms with van der Waals surface area (Å²) in [4.78, 5) is 22.9. The fraction of sp³-hybridized carbons (Fsp3) is 0.467. The molecular weight excluding hydrogens is 288 g/mol. The van der Waals surface area contributed by atoms with Crippen LogP contribution in [-0.4, -0.2) is 31.4 Å². The number of amides is 2. The van der Waals surface area contributed by atoms with E-state index >= 15 is 0 Å². The Hall–Kier alpha value is -2.44. The van der Waals surface area contributed by atoms with E-state index in [1.165, 1.54) is 7.11 Å². The van der Waals surface area contributed by atoms with E-state index < -0.39 is 23.9 Å². The number of carbonyl (C=O) groups is 2. The molecule has 2 amide bonds. The van der Waals surface area contributed by atoms with Gasteiger partial charge in [0, 0.05) is 17.3 Å². The molecule has 0 saturated carbocycles. The molecule has 0 bridgehead atoms. The van der Waals surface area contributed by atoms with Gasteiger partial charge in [-0.15, -0.1) is 0 Å². The Bertz CT molecular complexity index is 580. The van der Waals surface area contributed by atoms with Crippen molar-refractivity contribution >= 4 is 17.9 Å². The van der Waals surface area contributed by atoms with E-state index in [0.717, 1.165) is 5.56 Å². The van der Waals surface area contributed by atoms with Crippen molar-refractivity contribution in [2.45, 2.75) is 32.5 Å². The van der Waals surface area contributed by atoms with Crippen LogP contribution in [0.5, 0.6) is 5.75 Å². The standard InChI is InChI=1S/C15H20N2O5/c1-15(2,3)22-14(19)17-9-5-6-10(11(7-9)20-4)12-8-16-13(18)21-12/h5-7,12H,8H2,1-4H3,(H,16,18)(H,17,19). The molecule has 1 atom stereocenters.